The maximum atomic E-state index is 12.2. The van der Waals surface area contributed by atoms with Crippen LogP contribution in [0.3, 0.4) is 0 Å². The number of aromatic nitrogens is 1. The van der Waals surface area contributed by atoms with E-state index in [0.717, 1.165) is 11.3 Å². The van der Waals surface area contributed by atoms with Crippen LogP contribution in [0.1, 0.15) is 45.1 Å². The van der Waals surface area contributed by atoms with Crippen LogP contribution >= 0.6 is 11.3 Å². The Balaban J connectivity index is 3.07. The van der Waals surface area contributed by atoms with Crippen molar-refractivity contribution in [3.63, 3.8) is 0 Å². The molecule has 0 radical (unpaired) electrons. The standard InChI is InChI=1S/C14H20N2O6S/c1-6-20-10(17)9-8-23-11(15-9)16(12(18)21-7-2)13(19)22-14(3,4)5/h8H,6-7H2,1-5H3. The lowest BCUT2D eigenvalue weighted by molar-refractivity contribution is 0.0514. The number of hydrogen-bond acceptors (Lipinski definition) is 8. The van der Waals surface area contributed by atoms with Crippen molar-refractivity contribution >= 4 is 34.6 Å². The van der Waals surface area contributed by atoms with Crippen molar-refractivity contribution in [1.82, 2.24) is 4.98 Å². The number of esters is 1. The molecule has 0 aliphatic rings. The van der Waals surface area contributed by atoms with Crippen molar-refractivity contribution in [1.29, 1.82) is 0 Å². The molecule has 8 nitrogen and oxygen atoms in total. The number of hydrogen-bond donors (Lipinski definition) is 0. The molecule has 0 N–H and O–H groups in total. The molecule has 0 fully saturated rings. The van der Waals surface area contributed by atoms with Crippen molar-refractivity contribution in [2.45, 2.75) is 40.2 Å². The molecule has 0 atom stereocenters. The average Bonchev–Trinajstić information content (AvgIpc) is 2.86. The lowest BCUT2D eigenvalue weighted by Gasteiger charge is -2.24. The van der Waals surface area contributed by atoms with Crippen LogP contribution in [0, 0.1) is 0 Å². The van der Waals surface area contributed by atoms with Crippen LogP contribution in [0.5, 0.6) is 0 Å². The number of carbonyl (C=O) groups excluding carboxylic acids is 3. The van der Waals surface area contributed by atoms with E-state index in [2.05, 4.69) is 4.98 Å². The van der Waals surface area contributed by atoms with Gasteiger partial charge in [0, 0.05) is 5.38 Å². The summed E-state index contributed by atoms with van der Waals surface area (Å²) in [6, 6.07) is 0. The first-order valence-electron chi connectivity index (χ1n) is 7.02. The van der Waals surface area contributed by atoms with Crippen LogP contribution in [-0.4, -0.2) is 42.0 Å². The molecule has 0 saturated heterocycles. The van der Waals surface area contributed by atoms with Crippen molar-refractivity contribution in [3.05, 3.63) is 11.1 Å². The van der Waals surface area contributed by atoms with Crippen molar-refractivity contribution in [3.8, 4) is 0 Å². The van der Waals surface area contributed by atoms with E-state index in [0.29, 0.717) is 4.90 Å². The third-order valence-electron chi connectivity index (χ3n) is 2.19. The van der Waals surface area contributed by atoms with E-state index in [4.69, 9.17) is 14.2 Å². The van der Waals surface area contributed by atoms with Crippen molar-refractivity contribution in [2.24, 2.45) is 0 Å². The minimum absolute atomic E-state index is 0.00436. The van der Waals surface area contributed by atoms with Gasteiger partial charge in [-0.2, -0.15) is 4.90 Å². The van der Waals surface area contributed by atoms with Gasteiger partial charge in [0.25, 0.3) is 0 Å². The number of ether oxygens (including phenoxy) is 3. The van der Waals surface area contributed by atoms with E-state index in [1.807, 2.05) is 0 Å². The molecule has 0 unspecified atom stereocenters. The second kappa shape index (κ2) is 7.91. The number of thiazole rings is 1. The molecule has 0 aliphatic carbocycles. The fraction of sp³-hybridized carbons (Fsp3) is 0.571. The summed E-state index contributed by atoms with van der Waals surface area (Å²) in [5.41, 5.74) is -0.798. The highest BCUT2D eigenvalue weighted by atomic mass is 32.1. The fourth-order valence-electron chi connectivity index (χ4n) is 1.39. The highest BCUT2D eigenvalue weighted by Gasteiger charge is 2.32. The zero-order valence-electron chi connectivity index (χ0n) is 13.7. The van der Waals surface area contributed by atoms with Crippen molar-refractivity contribution in [2.75, 3.05) is 18.1 Å². The first kappa shape index (κ1) is 18.9. The highest BCUT2D eigenvalue weighted by molar-refractivity contribution is 7.14. The number of carbonyl (C=O) groups is 3. The summed E-state index contributed by atoms with van der Waals surface area (Å²) in [5, 5.41) is 1.37. The summed E-state index contributed by atoms with van der Waals surface area (Å²) in [4.78, 5) is 40.5. The molecule has 1 aromatic heterocycles. The summed E-state index contributed by atoms with van der Waals surface area (Å²) >= 11 is 0.933. The zero-order chi connectivity index (χ0) is 17.6. The molecule has 0 saturated carbocycles. The Kier molecular flexibility index (Phi) is 6.49. The first-order valence-corrected chi connectivity index (χ1v) is 7.90. The maximum absolute atomic E-state index is 12.2. The molecule has 23 heavy (non-hydrogen) atoms. The van der Waals surface area contributed by atoms with Gasteiger partial charge in [0.2, 0.25) is 5.13 Å². The monoisotopic (exact) mass is 344 g/mol. The largest absolute Gasteiger partial charge is 0.461 e. The topological polar surface area (TPSA) is 95.0 Å². The summed E-state index contributed by atoms with van der Waals surface area (Å²) in [7, 11) is 0. The third kappa shape index (κ3) is 5.51. The molecule has 0 spiro atoms. The summed E-state index contributed by atoms with van der Waals surface area (Å²) in [5.74, 6) is -0.636. The molecule has 128 valence electrons. The van der Waals surface area contributed by atoms with Crippen LogP contribution < -0.4 is 4.90 Å². The van der Waals surface area contributed by atoms with E-state index >= 15 is 0 Å². The van der Waals surface area contributed by atoms with Crippen LogP contribution in [-0.2, 0) is 14.2 Å². The Morgan fingerprint density at radius 2 is 1.74 bits per heavy atom. The van der Waals surface area contributed by atoms with E-state index in [1.54, 1.807) is 34.6 Å². The van der Waals surface area contributed by atoms with Gasteiger partial charge in [-0.05, 0) is 34.6 Å². The summed E-state index contributed by atoms with van der Waals surface area (Å²) < 4.78 is 14.8. The molecular weight excluding hydrogens is 324 g/mol. The van der Waals surface area contributed by atoms with Gasteiger partial charge < -0.3 is 14.2 Å². The summed E-state index contributed by atoms with van der Waals surface area (Å²) in [6.45, 7) is 8.54. The zero-order valence-corrected chi connectivity index (χ0v) is 14.6. The molecule has 2 amide bonds. The molecule has 1 rings (SSSR count). The van der Waals surface area contributed by atoms with Gasteiger partial charge in [-0.15, -0.1) is 11.3 Å². The third-order valence-corrected chi connectivity index (χ3v) is 3.02. The van der Waals surface area contributed by atoms with E-state index in [9.17, 15) is 14.4 Å². The predicted octanol–water partition coefficient (Wildman–Crippen LogP) is 3.22. The van der Waals surface area contributed by atoms with Crippen LogP contribution in [0.4, 0.5) is 14.7 Å². The van der Waals surface area contributed by atoms with Gasteiger partial charge in [-0.25, -0.2) is 19.4 Å². The smallest absolute Gasteiger partial charge is 0.426 e. The molecule has 1 aromatic rings. The normalized spacial score (nSPS) is 10.8. The first-order chi connectivity index (χ1) is 10.7. The van der Waals surface area contributed by atoms with Gasteiger partial charge in [-0.3, -0.25) is 0 Å². The Hall–Kier alpha value is -2.16. The van der Waals surface area contributed by atoms with E-state index < -0.39 is 23.8 Å². The Bertz CT molecular complexity index is 578. The Morgan fingerprint density at radius 3 is 2.26 bits per heavy atom. The van der Waals surface area contributed by atoms with Gasteiger partial charge in [0.15, 0.2) is 5.69 Å². The second-order valence-corrected chi connectivity index (χ2v) is 6.09. The fourth-order valence-corrected chi connectivity index (χ4v) is 2.16. The number of anilines is 1. The van der Waals surface area contributed by atoms with Gasteiger partial charge >= 0.3 is 18.2 Å². The quantitative estimate of drug-likeness (QED) is 0.611. The predicted molar refractivity (Wildman–Crippen MR) is 83.8 cm³/mol. The Labute approximate surface area is 138 Å². The van der Waals surface area contributed by atoms with Crippen LogP contribution in [0.2, 0.25) is 0 Å². The molecular formula is C14H20N2O6S. The van der Waals surface area contributed by atoms with Gasteiger partial charge in [-0.1, -0.05) is 0 Å². The minimum Gasteiger partial charge on any atom is -0.461 e. The molecule has 0 aromatic carbocycles. The van der Waals surface area contributed by atoms with E-state index in [1.165, 1.54) is 5.38 Å². The molecule has 0 bridgehead atoms. The molecule has 1 heterocycles. The van der Waals surface area contributed by atoms with Gasteiger partial charge in [0.05, 0.1) is 13.2 Å². The lowest BCUT2D eigenvalue weighted by atomic mass is 10.2. The number of imide groups is 1. The minimum atomic E-state index is -0.930. The van der Waals surface area contributed by atoms with E-state index in [-0.39, 0.29) is 24.0 Å². The summed E-state index contributed by atoms with van der Waals surface area (Å²) in [6.07, 6.45) is -1.85. The average molecular weight is 344 g/mol. The van der Waals surface area contributed by atoms with Gasteiger partial charge in [0.1, 0.15) is 5.60 Å². The lowest BCUT2D eigenvalue weighted by Crippen LogP contribution is -2.41. The second-order valence-electron chi connectivity index (χ2n) is 5.25. The SMILES string of the molecule is CCOC(=O)c1csc(N(C(=O)OCC)C(=O)OC(C)(C)C)n1. The number of amides is 2. The molecule has 0 aliphatic heterocycles. The van der Waals surface area contributed by atoms with Crippen LogP contribution in [0.15, 0.2) is 5.38 Å². The maximum Gasteiger partial charge on any atom is 0.426 e. The molecule has 9 heteroatoms. The Morgan fingerprint density at radius 1 is 1.13 bits per heavy atom. The van der Waals surface area contributed by atoms with Crippen molar-refractivity contribution < 1.29 is 28.6 Å². The van der Waals surface area contributed by atoms with Crippen LogP contribution in [0.25, 0.3) is 0 Å². The number of rotatable bonds is 4. The highest BCUT2D eigenvalue weighted by Crippen LogP contribution is 2.24. The number of nitrogens with zero attached hydrogens (tertiary/aromatic N) is 2.